The molecule has 3 atom stereocenters. The third kappa shape index (κ3) is 3.54. The lowest BCUT2D eigenvalue weighted by Gasteiger charge is -2.39. The topological polar surface area (TPSA) is 66.9 Å². The summed E-state index contributed by atoms with van der Waals surface area (Å²) in [6.07, 6.45) is 5.33. The normalized spacial score (nSPS) is 33.8. The van der Waals surface area contributed by atoms with Crippen LogP contribution in [-0.4, -0.2) is 60.4 Å². The van der Waals surface area contributed by atoms with Crippen molar-refractivity contribution in [2.24, 2.45) is 17.8 Å². The van der Waals surface area contributed by atoms with E-state index in [9.17, 15) is 18.8 Å². The molecule has 7 heteroatoms. The van der Waals surface area contributed by atoms with Gasteiger partial charge in [-0.1, -0.05) is 18.2 Å². The van der Waals surface area contributed by atoms with Gasteiger partial charge in [0.1, 0.15) is 5.82 Å². The Labute approximate surface area is 188 Å². The zero-order valence-electron chi connectivity index (χ0n) is 18.6. The van der Waals surface area contributed by atoms with Crippen LogP contribution in [0.2, 0.25) is 0 Å². The van der Waals surface area contributed by atoms with Crippen LogP contribution in [0.5, 0.6) is 0 Å². The summed E-state index contributed by atoms with van der Waals surface area (Å²) in [6, 6.07) is 6.26. The Hall–Kier alpha value is -2.28. The third-order valence-corrected chi connectivity index (χ3v) is 8.20. The molecule has 1 aromatic carbocycles. The molecule has 3 heterocycles. The van der Waals surface area contributed by atoms with Gasteiger partial charge < -0.3 is 9.64 Å². The van der Waals surface area contributed by atoms with Crippen LogP contribution in [0.15, 0.2) is 24.3 Å². The van der Waals surface area contributed by atoms with Crippen LogP contribution < -0.4 is 0 Å². The molecular formula is C25H31FN2O4. The minimum atomic E-state index is -1.49. The van der Waals surface area contributed by atoms with Crippen molar-refractivity contribution in [2.75, 3.05) is 26.8 Å². The number of methoxy groups -OCH3 is 1. The highest BCUT2D eigenvalue weighted by molar-refractivity contribution is 6.10. The third-order valence-electron chi connectivity index (χ3n) is 8.20. The molecule has 5 fully saturated rings. The van der Waals surface area contributed by atoms with Gasteiger partial charge in [0, 0.05) is 38.1 Å². The average molecular weight is 443 g/mol. The molecule has 3 amide bonds. The van der Waals surface area contributed by atoms with Crippen molar-refractivity contribution in [3.63, 3.8) is 0 Å². The standard InChI is InChI=1S/C25H31FN2O4/c1-32-7-6-27-22(29)13-25(24(27)31,20-4-2-3-5-21(20)26)14-23(30)28-15-18-9-16-8-17(10-18)12-19(28)11-16/h2-5,16-19H,6-15H2,1H3/t16-,17-,18?,19?,25+/m0/s1. The van der Waals surface area contributed by atoms with Crippen molar-refractivity contribution < 1.29 is 23.5 Å². The highest BCUT2D eigenvalue weighted by atomic mass is 19.1. The van der Waals surface area contributed by atoms with Gasteiger partial charge in [0.25, 0.3) is 0 Å². The van der Waals surface area contributed by atoms with Crippen LogP contribution in [0.4, 0.5) is 4.39 Å². The van der Waals surface area contributed by atoms with Gasteiger partial charge in [0.2, 0.25) is 17.7 Å². The van der Waals surface area contributed by atoms with Gasteiger partial charge in [-0.2, -0.15) is 0 Å². The Balaban J connectivity index is 1.47. The number of imide groups is 1. The fourth-order valence-electron chi connectivity index (χ4n) is 6.95. The van der Waals surface area contributed by atoms with Crippen molar-refractivity contribution >= 4 is 17.7 Å². The zero-order valence-corrected chi connectivity index (χ0v) is 18.6. The van der Waals surface area contributed by atoms with Gasteiger partial charge in [-0.3, -0.25) is 19.3 Å². The van der Waals surface area contributed by atoms with E-state index in [2.05, 4.69) is 0 Å². The molecule has 0 unspecified atom stereocenters. The Bertz CT molecular complexity index is 922. The van der Waals surface area contributed by atoms with Gasteiger partial charge in [0.15, 0.2) is 0 Å². The van der Waals surface area contributed by atoms with E-state index in [-0.39, 0.29) is 49.4 Å². The van der Waals surface area contributed by atoms with Crippen molar-refractivity contribution in [1.29, 1.82) is 0 Å². The number of fused-ring (bicyclic) bond motifs is 1. The predicted molar refractivity (Wildman–Crippen MR) is 115 cm³/mol. The Morgan fingerprint density at radius 3 is 2.47 bits per heavy atom. The SMILES string of the molecule is COCCN1C(=O)C[C@@](CC(=O)N2CC3C[C@H]4CC2C[C@H](C3)C4)(c2ccccc2F)C1=O. The summed E-state index contributed by atoms with van der Waals surface area (Å²) in [6.45, 7) is 1.03. The van der Waals surface area contributed by atoms with Crippen molar-refractivity contribution in [3.8, 4) is 0 Å². The molecule has 32 heavy (non-hydrogen) atoms. The fraction of sp³-hybridized carbons (Fsp3) is 0.640. The number of benzene rings is 1. The maximum atomic E-state index is 15.0. The number of ether oxygens (including phenoxy) is 1. The highest BCUT2D eigenvalue weighted by Gasteiger charge is 2.56. The molecule has 2 saturated carbocycles. The number of hydrogen-bond donors (Lipinski definition) is 0. The number of nitrogens with zero attached hydrogens (tertiary/aromatic N) is 2. The van der Waals surface area contributed by atoms with E-state index in [1.807, 2.05) is 4.90 Å². The maximum Gasteiger partial charge on any atom is 0.241 e. The molecule has 6 nitrogen and oxygen atoms in total. The molecule has 0 N–H and O–H groups in total. The molecule has 0 spiro atoms. The van der Waals surface area contributed by atoms with E-state index in [0.29, 0.717) is 17.8 Å². The number of likely N-dealkylation sites (tertiary alicyclic amines) is 1. The minimum absolute atomic E-state index is 0.107. The fourth-order valence-corrected chi connectivity index (χ4v) is 6.95. The molecule has 1 aromatic rings. The van der Waals surface area contributed by atoms with E-state index >= 15 is 0 Å². The summed E-state index contributed by atoms with van der Waals surface area (Å²) >= 11 is 0. The summed E-state index contributed by atoms with van der Waals surface area (Å²) in [5.74, 6) is 0.355. The summed E-state index contributed by atoms with van der Waals surface area (Å²) < 4.78 is 20.0. The van der Waals surface area contributed by atoms with Gasteiger partial charge in [-0.05, 0) is 55.9 Å². The molecule has 0 aromatic heterocycles. The van der Waals surface area contributed by atoms with Gasteiger partial charge in [0.05, 0.1) is 18.6 Å². The average Bonchev–Trinajstić information content (AvgIpc) is 2.85. The summed E-state index contributed by atoms with van der Waals surface area (Å²) in [5, 5.41) is 0. The first-order valence-corrected chi connectivity index (χ1v) is 11.8. The first-order chi connectivity index (χ1) is 15.4. The lowest BCUT2D eigenvalue weighted by atomic mass is 9.68. The number of carbonyl (C=O) groups is 3. The predicted octanol–water partition coefficient (Wildman–Crippen LogP) is 2.90. The first kappa shape index (κ1) is 21.6. The van der Waals surface area contributed by atoms with Crippen LogP contribution in [0.3, 0.4) is 0 Å². The number of rotatable bonds is 6. The Morgan fingerprint density at radius 2 is 1.78 bits per heavy atom. The van der Waals surface area contributed by atoms with Gasteiger partial charge in [-0.25, -0.2) is 4.39 Å². The van der Waals surface area contributed by atoms with Crippen molar-refractivity contribution in [2.45, 2.75) is 56.4 Å². The summed E-state index contributed by atoms with van der Waals surface area (Å²) in [5.41, 5.74) is -1.34. The minimum Gasteiger partial charge on any atom is -0.383 e. The lowest BCUT2D eigenvalue weighted by molar-refractivity contribution is -0.144. The monoisotopic (exact) mass is 442 g/mol. The number of carbonyl (C=O) groups excluding carboxylic acids is 3. The molecule has 172 valence electrons. The van der Waals surface area contributed by atoms with E-state index in [4.69, 9.17) is 4.74 Å². The highest BCUT2D eigenvalue weighted by Crippen LogP contribution is 2.48. The first-order valence-electron chi connectivity index (χ1n) is 11.8. The van der Waals surface area contributed by atoms with Gasteiger partial charge >= 0.3 is 0 Å². The van der Waals surface area contributed by atoms with Crippen LogP contribution in [0.1, 0.15) is 50.5 Å². The van der Waals surface area contributed by atoms with E-state index < -0.39 is 17.1 Å². The van der Waals surface area contributed by atoms with Crippen molar-refractivity contribution in [3.05, 3.63) is 35.6 Å². The molecule has 3 aliphatic heterocycles. The molecule has 6 rings (SSSR count). The molecule has 0 radical (unpaired) electrons. The van der Waals surface area contributed by atoms with Crippen LogP contribution in [0, 0.1) is 23.6 Å². The summed E-state index contributed by atoms with van der Waals surface area (Å²) in [7, 11) is 1.50. The second-order valence-corrected chi connectivity index (χ2v) is 10.2. The largest absolute Gasteiger partial charge is 0.383 e. The Kier molecular flexibility index (Phi) is 5.56. The second-order valence-electron chi connectivity index (χ2n) is 10.2. The number of amides is 3. The summed E-state index contributed by atoms with van der Waals surface area (Å²) in [4.78, 5) is 43.3. The van der Waals surface area contributed by atoms with Crippen LogP contribution in [0.25, 0.3) is 0 Å². The zero-order chi connectivity index (χ0) is 22.5. The molecular weight excluding hydrogens is 411 g/mol. The van der Waals surface area contributed by atoms with Crippen LogP contribution in [-0.2, 0) is 24.5 Å². The van der Waals surface area contributed by atoms with E-state index in [0.717, 1.165) is 24.3 Å². The maximum absolute atomic E-state index is 15.0. The van der Waals surface area contributed by atoms with E-state index in [1.54, 1.807) is 18.2 Å². The van der Waals surface area contributed by atoms with Gasteiger partial charge in [-0.15, -0.1) is 0 Å². The smallest absolute Gasteiger partial charge is 0.241 e. The quantitative estimate of drug-likeness (QED) is 0.636. The number of hydrogen-bond acceptors (Lipinski definition) is 4. The molecule has 2 aliphatic carbocycles. The lowest BCUT2D eigenvalue weighted by Crippen LogP contribution is -2.47. The second kappa shape index (κ2) is 8.25. The van der Waals surface area contributed by atoms with E-state index in [1.165, 1.54) is 32.4 Å². The Morgan fingerprint density at radius 1 is 1.09 bits per heavy atom. The molecule has 3 saturated heterocycles. The van der Waals surface area contributed by atoms with Crippen molar-refractivity contribution in [1.82, 2.24) is 9.80 Å². The molecule has 4 bridgehead atoms. The van der Waals surface area contributed by atoms with Crippen LogP contribution >= 0.6 is 0 Å². The molecule has 5 aliphatic rings. The number of halogens is 1.